The highest BCUT2D eigenvalue weighted by molar-refractivity contribution is 9.10. The number of ketones is 1. The second-order valence-corrected chi connectivity index (χ2v) is 11.7. The van der Waals surface area contributed by atoms with Crippen molar-refractivity contribution in [2.45, 2.75) is 89.0 Å². The molecular formula is C22H35BrO2. The molecule has 0 aromatic carbocycles. The lowest BCUT2D eigenvalue weighted by Crippen LogP contribution is -2.51. The molecule has 1 N–H and O–H groups in total. The molecule has 0 aromatic rings. The first kappa shape index (κ1) is 18.5. The summed E-state index contributed by atoms with van der Waals surface area (Å²) in [6, 6.07) is 0. The standard InChI is InChI=1S/C22H35BrO2/c1-13(23)20(24)19-7-6-18-17-5-4-14-12-21(2,25)10-8-15(14)16(17)9-11-22(18,19)3/h13-19,25H,4-12H2,1-3H3/t13?,14-,15+,16-,17-,18+,19-,21-,22+/m1/s1. The minimum atomic E-state index is -0.423. The molecule has 4 fully saturated rings. The van der Waals surface area contributed by atoms with Crippen LogP contribution in [0.4, 0.5) is 0 Å². The van der Waals surface area contributed by atoms with Crippen LogP contribution in [-0.4, -0.2) is 21.3 Å². The van der Waals surface area contributed by atoms with E-state index in [9.17, 15) is 9.90 Å². The van der Waals surface area contributed by atoms with E-state index in [4.69, 9.17) is 0 Å². The lowest BCUT2D eigenvalue weighted by molar-refractivity contribution is -0.131. The van der Waals surface area contributed by atoms with Crippen molar-refractivity contribution < 1.29 is 9.90 Å². The molecule has 9 atom stereocenters. The third kappa shape index (κ3) is 2.96. The SMILES string of the molecule is CC(Br)C(=O)[C@H]1CC[C@H]2[C@@H]3CC[C@@H]4C[C@](C)(O)CC[C@@H]4[C@H]3CC[C@]12C. The summed E-state index contributed by atoms with van der Waals surface area (Å²) < 4.78 is 0. The summed E-state index contributed by atoms with van der Waals surface area (Å²) in [6.07, 6.45) is 10.8. The van der Waals surface area contributed by atoms with Gasteiger partial charge in [0.15, 0.2) is 0 Å². The Labute approximate surface area is 161 Å². The van der Waals surface area contributed by atoms with Crippen molar-refractivity contribution in [1.29, 1.82) is 0 Å². The highest BCUT2D eigenvalue weighted by atomic mass is 79.9. The second-order valence-electron chi connectivity index (χ2n) is 10.4. The average molecular weight is 411 g/mol. The zero-order chi connectivity index (χ0) is 18.0. The monoisotopic (exact) mass is 410 g/mol. The molecule has 0 aromatic heterocycles. The van der Waals surface area contributed by atoms with Crippen molar-refractivity contribution in [3.05, 3.63) is 0 Å². The van der Waals surface area contributed by atoms with Crippen LogP contribution in [0, 0.1) is 40.9 Å². The zero-order valence-electron chi connectivity index (χ0n) is 16.1. The predicted molar refractivity (Wildman–Crippen MR) is 105 cm³/mol. The predicted octanol–water partition coefficient (Wildman–Crippen LogP) is 5.36. The van der Waals surface area contributed by atoms with Gasteiger partial charge in [0.25, 0.3) is 0 Å². The molecule has 25 heavy (non-hydrogen) atoms. The fraction of sp³-hybridized carbons (Fsp3) is 0.955. The third-order valence-electron chi connectivity index (χ3n) is 8.97. The number of alkyl halides is 1. The summed E-state index contributed by atoms with van der Waals surface area (Å²) in [6.45, 7) is 6.49. The average Bonchev–Trinajstić information content (AvgIpc) is 2.89. The summed E-state index contributed by atoms with van der Waals surface area (Å²) in [5.74, 6) is 4.78. The molecule has 142 valence electrons. The molecule has 4 aliphatic rings. The minimum absolute atomic E-state index is 0.00195. The Morgan fingerprint density at radius 3 is 2.44 bits per heavy atom. The van der Waals surface area contributed by atoms with Crippen LogP contribution in [0.15, 0.2) is 0 Å². The number of hydrogen-bond donors (Lipinski definition) is 1. The largest absolute Gasteiger partial charge is 0.390 e. The Hall–Kier alpha value is 0.110. The van der Waals surface area contributed by atoms with Gasteiger partial charge >= 0.3 is 0 Å². The molecule has 0 bridgehead atoms. The Bertz CT molecular complexity index is 542. The van der Waals surface area contributed by atoms with Crippen molar-refractivity contribution in [3.8, 4) is 0 Å². The van der Waals surface area contributed by atoms with Crippen LogP contribution in [0.25, 0.3) is 0 Å². The van der Waals surface area contributed by atoms with Gasteiger partial charge in [0.05, 0.1) is 10.4 Å². The van der Waals surface area contributed by atoms with Crippen LogP contribution >= 0.6 is 15.9 Å². The smallest absolute Gasteiger partial charge is 0.149 e. The molecule has 4 rings (SSSR count). The highest BCUT2D eigenvalue weighted by Gasteiger charge is 2.58. The Morgan fingerprint density at radius 2 is 1.72 bits per heavy atom. The molecule has 0 radical (unpaired) electrons. The summed E-state index contributed by atoms with van der Waals surface area (Å²) in [7, 11) is 0. The number of hydrogen-bond acceptors (Lipinski definition) is 2. The van der Waals surface area contributed by atoms with Gasteiger partial charge in [-0.05, 0) is 107 Å². The first-order valence-electron chi connectivity index (χ1n) is 10.6. The van der Waals surface area contributed by atoms with Crippen LogP contribution < -0.4 is 0 Å². The van der Waals surface area contributed by atoms with Crippen molar-refractivity contribution in [2.24, 2.45) is 40.9 Å². The second kappa shape index (κ2) is 6.33. The van der Waals surface area contributed by atoms with Gasteiger partial charge in [-0.15, -0.1) is 0 Å². The quantitative estimate of drug-likeness (QED) is 0.622. The van der Waals surface area contributed by atoms with E-state index in [0.717, 1.165) is 48.9 Å². The van der Waals surface area contributed by atoms with Crippen LogP contribution in [0.2, 0.25) is 0 Å². The van der Waals surface area contributed by atoms with Crippen molar-refractivity contribution in [2.75, 3.05) is 0 Å². The lowest BCUT2D eigenvalue weighted by Gasteiger charge is -2.57. The molecule has 4 saturated carbocycles. The summed E-state index contributed by atoms with van der Waals surface area (Å²) >= 11 is 3.54. The molecule has 0 saturated heterocycles. The topological polar surface area (TPSA) is 37.3 Å². The maximum Gasteiger partial charge on any atom is 0.149 e. The van der Waals surface area contributed by atoms with Gasteiger partial charge in [0.1, 0.15) is 5.78 Å². The number of carbonyl (C=O) groups is 1. The number of Topliss-reactive ketones (excluding diaryl/α,β-unsaturated/α-hetero) is 1. The third-order valence-corrected chi connectivity index (χ3v) is 9.42. The number of rotatable bonds is 2. The van der Waals surface area contributed by atoms with E-state index < -0.39 is 5.60 Å². The van der Waals surface area contributed by atoms with E-state index in [0.29, 0.717) is 5.78 Å². The fourth-order valence-electron chi connectivity index (χ4n) is 7.83. The maximum absolute atomic E-state index is 12.8. The van der Waals surface area contributed by atoms with Crippen molar-refractivity contribution in [1.82, 2.24) is 0 Å². The summed E-state index contributed by atoms with van der Waals surface area (Å²) in [5, 5.41) is 10.5. The molecule has 2 nitrogen and oxygen atoms in total. The minimum Gasteiger partial charge on any atom is -0.390 e. The van der Waals surface area contributed by atoms with E-state index in [1.54, 1.807) is 0 Å². The molecule has 3 heteroatoms. The van der Waals surface area contributed by atoms with E-state index in [-0.39, 0.29) is 16.2 Å². The first-order chi connectivity index (χ1) is 11.7. The van der Waals surface area contributed by atoms with E-state index >= 15 is 0 Å². The first-order valence-corrected chi connectivity index (χ1v) is 11.5. The molecule has 0 spiro atoms. The summed E-state index contributed by atoms with van der Waals surface area (Å²) in [4.78, 5) is 12.8. The Balaban J connectivity index is 1.54. The van der Waals surface area contributed by atoms with E-state index in [1.165, 1.54) is 38.5 Å². The molecule has 0 aliphatic heterocycles. The van der Waals surface area contributed by atoms with Crippen LogP contribution in [0.5, 0.6) is 0 Å². The number of carbonyl (C=O) groups excluding carboxylic acids is 1. The molecule has 4 aliphatic carbocycles. The van der Waals surface area contributed by atoms with E-state index in [2.05, 4.69) is 22.9 Å². The van der Waals surface area contributed by atoms with Gasteiger partial charge < -0.3 is 5.11 Å². The van der Waals surface area contributed by atoms with Gasteiger partial charge in [-0.1, -0.05) is 22.9 Å². The van der Waals surface area contributed by atoms with Gasteiger partial charge in [-0.25, -0.2) is 0 Å². The zero-order valence-corrected chi connectivity index (χ0v) is 17.7. The van der Waals surface area contributed by atoms with Crippen LogP contribution in [0.3, 0.4) is 0 Å². The van der Waals surface area contributed by atoms with Crippen molar-refractivity contribution >= 4 is 21.7 Å². The fourth-order valence-corrected chi connectivity index (χ4v) is 8.15. The van der Waals surface area contributed by atoms with Gasteiger partial charge in [0, 0.05) is 5.92 Å². The highest BCUT2D eigenvalue weighted by Crippen LogP contribution is 2.64. The number of halogens is 1. The summed E-state index contributed by atoms with van der Waals surface area (Å²) in [5.41, 5.74) is -0.179. The Kier molecular flexibility index (Phi) is 4.68. The number of aliphatic hydroxyl groups is 1. The van der Waals surface area contributed by atoms with E-state index in [1.807, 2.05) is 13.8 Å². The van der Waals surface area contributed by atoms with Gasteiger partial charge in [0.2, 0.25) is 0 Å². The Morgan fingerprint density at radius 1 is 1.00 bits per heavy atom. The van der Waals surface area contributed by atoms with Crippen LogP contribution in [-0.2, 0) is 4.79 Å². The molecule has 0 heterocycles. The maximum atomic E-state index is 12.8. The molecule has 0 amide bonds. The molecular weight excluding hydrogens is 376 g/mol. The lowest BCUT2D eigenvalue weighted by atomic mass is 9.49. The number of fused-ring (bicyclic) bond motifs is 5. The van der Waals surface area contributed by atoms with Crippen LogP contribution in [0.1, 0.15) is 78.6 Å². The molecule has 1 unspecified atom stereocenters. The van der Waals surface area contributed by atoms with Gasteiger partial charge in [-0.2, -0.15) is 0 Å². The normalized spacial score (nSPS) is 53.5. The van der Waals surface area contributed by atoms with Crippen molar-refractivity contribution in [3.63, 3.8) is 0 Å². The van der Waals surface area contributed by atoms with Gasteiger partial charge in [-0.3, -0.25) is 4.79 Å².